The van der Waals surface area contributed by atoms with Crippen LogP contribution in [-0.2, 0) is 20.9 Å². The van der Waals surface area contributed by atoms with Gasteiger partial charge in [-0.15, -0.1) is 0 Å². The van der Waals surface area contributed by atoms with Crippen LogP contribution in [-0.4, -0.2) is 35.3 Å². The summed E-state index contributed by atoms with van der Waals surface area (Å²) in [6.45, 7) is 3.90. The molecule has 1 aliphatic heterocycles. The highest BCUT2D eigenvalue weighted by molar-refractivity contribution is 6.02. The van der Waals surface area contributed by atoms with Crippen molar-refractivity contribution in [3.8, 4) is 0 Å². The number of aryl methyl sites for hydroxylation is 2. The average molecular weight is 472 g/mol. The number of imide groups is 1. The van der Waals surface area contributed by atoms with Crippen LogP contribution in [0.5, 0.6) is 0 Å². The quantitative estimate of drug-likeness (QED) is 0.402. The minimum atomic E-state index is -1.16. The molecule has 1 saturated heterocycles. The number of rotatable bonds is 7. The van der Waals surface area contributed by atoms with E-state index < -0.39 is 24.0 Å². The first-order valence-corrected chi connectivity index (χ1v) is 11.1. The van der Waals surface area contributed by atoms with Crippen LogP contribution in [0.1, 0.15) is 38.7 Å². The number of amides is 4. The van der Waals surface area contributed by atoms with Gasteiger partial charge in [-0.05, 0) is 48.7 Å². The summed E-state index contributed by atoms with van der Waals surface area (Å²) in [7, 11) is 0. The molecular formula is C27H25N3O5. The molecule has 0 bridgehead atoms. The fourth-order valence-electron chi connectivity index (χ4n) is 3.69. The number of carbonyl (C=O) groups is 4. The first-order chi connectivity index (χ1) is 16.8. The fourth-order valence-corrected chi connectivity index (χ4v) is 3.69. The molecule has 0 spiro atoms. The molecule has 2 N–H and O–H groups in total. The first-order valence-electron chi connectivity index (χ1n) is 11.1. The number of urea groups is 1. The lowest BCUT2D eigenvalue weighted by molar-refractivity contribution is -0.125. The molecule has 4 rings (SSSR count). The Morgan fingerprint density at radius 3 is 2.37 bits per heavy atom. The van der Waals surface area contributed by atoms with Gasteiger partial charge in [-0.25, -0.2) is 9.59 Å². The van der Waals surface area contributed by atoms with Crippen molar-refractivity contribution in [2.45, 2.75) is 26.5 Å². The number of hydrogen-bond acceptors (Lipinski definition) is 5. The minimum Gasteiger partial charge on any atom is -0.444 e. The molecule has 8 nitrogen and oxygen atoms in total. The van der Waals surface area contributed by atoms with E-state index in [1.54, 1.807) is 48.5 Å². The zero-order chi connectivity index (χ0) is 24.9. The Morgan fingerprint density at radius 2 is 1.71 bits per heavy atom. The highest BCUT2D eigenvalue weighted by Gasteiger charge is 2.29. The van der Waals surface area contributed by atoms with Gasteiger partial charge in [-0.2, -0.15) is 0 Å². The van der Waals surface area contributed by atoms with Crippen LogP contribution in [0.25, 0.3) is 0 Å². The summed E-state index contributed by atoms with van der Waals surface area (Å²) >= 11 is 0. The van der Waals surface area contributed by atoms with Gasteiger partial charge >= 0.3 is 12.0 Å². The lowest BCUT2D eigenvalue weighted by atomic mass is 10.1. The van der Waals surface area contributed by atoms with E-state index in [1.165, 1.54) is 0 Å². The summed E-state index contributed by atoms with van der Waals surface area (Å²) in [5.74, 6) is -1.44. The molecule has 35 heavy (non-hydrogen) atoms. The van der Waals surface area contributed by atoms with E-state index in [2.05, 4.69) is 10.6 Å². The van der Waals surface area contributed by atoms with Crippen LogP contribution in [0.4, 0.5) is 10.5 Å². The Labute approximate surface area is 202 Å². The Balaban J connectivity index is 1.50. The predicted molar refractivity (Wildman–Crippen MR) is 130 cm³/mol. The summed E-state index contributed by atoms with van der Waals surface area (Å²) in [6, 6.07) is 20.5. The van der Waals surface area contributed by atoms with Gasteiger partial charge in [0.25, 0.3) is 5.91 Å². The number of anilines is 1. The van der Waals surface area contributed by atoms with E-state index in [0.717, 1.165) is 16.0 Å². The maximum absolute atomic E-state index is 13.2. The zero-order valence-electron chi connectivity index (χ0n) is 19.4. The summed E-state index contributed by atoms with van der Waals surface area (Å²) < 4.78 is 5.65. The van der Waals surface area contributed by atoms with Crippen LogP contribution in [0.3, 0.4) is 0 Å². The molecule has 1 unspecified atom stereocenters. The van der Waals surface area contributed by atoms with Gasteiger partial charge in [0, 0.05) is 11.3 Å². The van der Waals surface area contributed by atoms with Gasteiger partial charge in [-0.3, -0.25) is 14.5 Å². The largest absolute Gasteiger partial charge is 0.444 e. The third kappa shape index (κ3) is 5.55. The number of esters is 1. The molecule has 0 aliphatic carbocycles. The molecule has 0 aromatic heterocycles. The topological polar surface area (TPSA) is 105 Å². The van der Waals surface area contributed by atoms with E-state index in [1.807, 2.05) is 38.1 Å². The smallest absolute Gasteiger partial charge is 0.339 e. The second kappa shape index (κ2) is 10.2. The SMILES string of the molecule is Cc1ccc(C)c(NC(=O)C(OC(=O)c2ccc(CN3C(=O)CNC3=O)cc2)c2ccccc2)c1. The molecule has 0 saturated carbocycles. The summed E-state index contributed by atoms with van der Waals surface area (Å²) in [5, 5.41) is 5.34. The molecule has 0 radical (unpaired) electrons. The third-order valence-corrected chi connectivity index (χ3v) is 5.68. The van der Waals surface area contributed by atoms with Crippen molar-refractivity contribution in [3.05, 3.63) is 101 Å². The van der Waals surface area contributed by atoms with Crippen molar-refractivity contribution < 1.29 is 23.9 Å². The molecule has 1 aliphatic rings. The number of hydrogen-bond donors (Lipinski definition) is 2. The summed E-state index contributed by atoms with van der Waals surface area (Å²) in [5.41, 5.74) is 4.00. The number of nitrogens with zero attached hydrogens (tertiary/aromatic N) is 1. The maximum Gasteiger partial charge on any atom is 0.339 e. The van der Waals surface area contributed by atoms with E-state index in [-0.39, 0.29) is 24.6 Å². The molecule has 4 amide bonds. The molecule has 3 aromatic carbocycles. The number of carbonyl (C=O) groups excluding carboxylic acids is 4. The van der Waals surface area contributed by atoms with Crippen LogP contribution in [0.2, 0.25) is 0 Å². The maximum atomic E-state index is 13.2. The molecule has 3 aromatic rings. The molecule has 178 valence electrons. The van der Waals surface area contributed by atoms with E-state index in [4.69, 9.17) is 4.74 Å². The van der Waals surface area contributed by atoms with Crippen LogP contribution >= 0.6 is 0 Å². The third-order valence-electron chi connectivity index (χ3n) is 5.68. The van der Waals surface area contributed by atoms with Gasteiger partial charge in [0.05, 0.1) is 18.7 Å². The lowest BCUT2D eigenvalue weighted by Gasteiger charge is -2.19. The lowest BCUT2D eigenvalue weighted by Crippen LogP contribution is -2.30. The first kappa shape index (κ1) is 23.7. The summed E-state index contributed by atoms with van der Waals surface area (Å²) in [6.07, 6.45) is -1.16. The Hall–Kier alpha value is -4.46. The molecule has 1 atom stereocenters. The molecular weight excluding hydrogens is 446 g/mol. The Bertz CT molecular complexity index is 1260. The van der Waals surface area contributed by atoms with Crippen molar-refractivity contribution in [2.24, 2.45) is 0 Å². The summed E-state index contributed by atoms with van der Waals surface area (Å²) in [4.78, 5) is 50.8. The van der Waals surface area contributed by atoms with Gasteiger partial charge in [0.2, 0.25) is 12.0 Å². The normalized spacial score (nSPS) is 13.8. The minimum absolute atomic E-state index is 0.0196. The van der Waals surface area contributed by atoms with Crippen molar-refractivity contribution in [3.63, 3.8) is 0 Å². The van der Waals surface area contributed by atoms with Crippen LogP contribution in [0, 0.1) is 13.8 Å². The van der Waals surface area contributed by atoms with Crippen molar-refractivity contribution in [1.29, 1.82) is 0 Å². The van der Waals surface area contributed by atoms with Gasteiger partial charge in [-0.1, -0.05) is 54.6 Å². The van der Waals surface area contributed by atoms with Crippen LogP contribution < -0.4 is 10.6 Å². The van der Waals surface area contributed by atoms with E-state index in [0.29, 0.717) is 16.8 Å². The fraction of sp³-hybridized carbons (Fsp3) is 0.185. The van der Waals surface area contributed by atoms with Crippen molar-refractivity contribution in [2.75, 3.05) is 11.9 Å². The van der Waals surface area contributed by atoms with Crippen LogP contribution in [0.15, 0.2) is 72.8 Å². The highest BCUT2D eigenvalue weighted by Crippen LogP contribution is 2.24. The second-order valence-corrected chi connectivity index (χ2v) is 8.34. The monoisotopic (exact) mass is 471 g/mol. The predicted octanol–water partition coefficient (Wildman–Crippen LogP) is 3.89. The number of nitrogens with one attached hydrogen (secondary N) is 2. The van der Waals surface area contributed by atoms with Crippen molar-refractivity contribution in [1.82, 2.24) is 10.2 Å². The second-order valence-electron chi connectivity index (χ2n) is 8.34. The molecule has 1 heterocycles. The Morgan fingerprint density at radius 1 is 1.00 bits per heavy atom. The average Bonchev–Trinajstić information content (AvgIpc) is 3.17. The number of ether oxygens (including phenoxy) is 1. The Kier molecular flexibility index (Phi) is 6.91. The van der Waals surface area contributed by atoms with Gasteiger partial charge in [0.15, 0.2) is 0 Å². The van der Waals surface area contributed by atoms with E-state index in [9.17, 15) is 19.2 Å². The molecule has 8 heteroatoms. The van der Waals surface area contributed by atoms with Gasteiger partial charge < -0.3 is 15.4 Å². The van der Waals surface area contributed by atoms with Gasteiger partial charge in [0.1, 0.15) is 0 Å². The van der Waals surface area contributed by atoms with E-state index >= 15 is 0 Å². The molecule has 1 fully saturated rings. The van der Waals surface area contributed by atoms with Crippen molar-refractivity contribution >= 4 is 29.5 Å². The zero-order valence-corrected chi connectivity index (χ0v) is 19.4. The standard InChI is InChI=1S/C27H25N3O5/c1-17-8-9-18(2)22(14-17)29-25(32)24(20-6-4-3-5-7-20)35-26(33)21-12-10-19(11-13-21)16-30-23(31)15-28-27(30)34/h3-14,24H,15-16H2,1-2H3,(H,28,34)(H,29,32). The number of benzene rings is 3. The highest BCUT2D eigenvalue weighted by atomic mass is 16.5.